The summed E-state index contributed by atoms with van der Waals surface area (Å²) in [5, 5.41) is 7.92. The lowest BCUT2D eigenvalue weighted by atomic mass is 9.79. The van der Waals surface area contributed by atoms with Gasteiger partial charge < -0.3 is 19.3 Å². The number of rotatable bonds is 7. The summed E-state index contributed by atoms with van der Waals surface area (Å²) in [5.74, 6) is -0.284. The zero-order valence-corrected chi connectivity index (χ0v) is 19.0. The van der Waals surface area contributed by atoms with Gasteiger partial charge in [0, 0.05) is 37.5 Å². The SMILES string of the molecule is COCCOC1CCC(C)(N2CCC(n3c(=O)oc4ccc(C(C)=N)cc43)CC2)CC1. The molecule has 7 heteroatoms. The monoisotopic (exact) mass is 429 g/mol. The third kappa shape index (κ3) is 4.64. The summed E-state index contributed by atoms with van der Waals surface area (Å²) in [6.07, 6.45) is 6.70. The molecule has 1 N–H and O–H groups in total. The number of nitrogens with one attached hydrogen (secondary N) is 1. The van der Waals surface area contributed by atoms with Crippen molar-refractivity contribution in [3.63, 3.8) is 0 Å². The van der Waals surface area contributed by atoms with Crippen LogP contribution in [0.4, 0.5) is 0 Å². The average molecular weight is 430 g/mol. The number of nitrogens with zero attached hydrogens (tertiary/aromatic N) is 2. The van der Waals surface area contributed by atoms with Gasteiger partial charge in [0.2, 0.25) is 0 Å². The van der Waals surface area contributed by atoms with Crippen molar-refractivity contribution in [1.82, 2.24) is 9.47 Å². The predicted molar refractivity (Wildman–Crippen MR) is 121 cm³/mol. The van der Waals surface area contributed by atoms with Crippen LogP contribution in [0.1, 0.15) is 64.0 Å². The summed E-state index contributed by atoms with van der Waals surface area (Å²) in [5.41, 5.74) is 2.95. The Morgan fingerprint density at radius 1 is 1.19 bits per heavy atom. The quantitative estimate of drug-likeness (QED) is 0.532. The Balaban J connectivity index is 1.40. The van der Waals surface area contributed by atoms with Gasteiger partial charge in [0.1, 0.15) is 0 Å². The smallest absolute Gasteiger partial charge is 0.408 e. The Morgan fingerprint density at radius 2 is 1.90 bits per heavy atom. The lowest BCUT2D eigenvalue weighted by molar-refractivity contribution is -0.0419. The highest BCUT2D eigenvalue weighted by Crippen LogP contribution is 2.38. The van der Waals surface area contributed by atoms with Crippen molar-refractivity contribution in [2.24, 2.45) is 0 Å². The normalized spacial score (nSPS) is 25.8. The van der Waals surface area contributed by atoms with E-state index >= 15 is 0 Å². The Bertz CT molecular complexity index is 963. The van der Waals surface area contributed by atoms with Crippen molar-refractivity contribution in [1.29, 1.82) is 5.41 Å². The number of ether oxygens (including phenoxy) is 2. The molecule has 170 valence electrons. The number of aromatic nitrogens is 1. The van der Waals surface area contributed by atoms with E-state index in [9.17, 15) is 4.79 Å². The standard InChI is InChI=1S/C24H35N3O4/c1-17(25)18-4-5-22-21(16-18)27(23(28)31-22)19-8-12-26(13-9-19)24(2)10-6-20(7-11-24)30-15-14-29-3/h4-5,16,19-20,25H,6-15H2,1-3H3. The number of piperidine rings is 1. The molecule has 7 nitrogen and oxygen atoms in total. The summed E-state index contributed by atoms with van der Waals surface area (Å²) in [6, 6.07) is 5.71. The van der Waals surface area contributed by atoms with Gasteiger partial charge in [0.25, 0.3) is 0 Å². The van der Waals surface area contributed by atoms with Gasteiger partial charge in [-0.15, -0.1) is 0 Å². The number of oxazole rings is 1. The molecule has 0 spiro atoms. The second-order valence-electron chi connectivity index (χ2n) is 9.32. The van der Waals surface area contributed by atoms with Crippen LogP contribution in [-0.4, -0.2) is 60.2 Å². The molecule has 2 fully saturated rings. The van der Waals surface area contributed by atoms with E-state index in [1.165, 1.54) is 0 Å². The zero-order valence-electron chi connectivity index (χ0n) is 19.0. The van der Waals surface area contributed by atoms with E-state index in [1.807, 2.05) is 22.8 Å². The number of benzene rings is 1. The summed E-state index contributed by atoms with van der Waals surface area (Å²) in [4.78, 5) is 15.2. The summed E-state index contributed by atoms with van der Waals surface area (Å²) in [6.45, 7) is 7.45. The van der Waals surface area contributed by atoms with E-state index in [0.29, 0.717) is 30.6 Å². The fourth-order valence-corrected chi connectivity index (χ4v) is 5.27. The highest BCUT2D eigenvalue weighted by Gasteiger charge is 2.38. The van der Waals surface area contributed by atoms with E-state index in [2.05, 4.69) is 11.8 Å². The maximum atomic E-state index is 12.6. The molecule has 2 heterocycles. The number of hydrogen-bond acceptors (Lipinski definition) is 6. The molecule has 1 saturated carbocycles. The van der Waals surface area contributed by atoms with Crippen molar-refractivity contribution in [2.75, 3.05) is 33.4 Å². The van der Waals surface area contributed by atoms with E-state index in [4.69, 9.17) is 19.3 Å². The molecule has 1 aromatic carbocycles. The molecule has 0 radical (unpaired) electrons. The van der Waals surface area contributed by atoms with Crippen LogP contribution < -0.4 is 5.76 Å². The topological polar surface area (TPSA) is 80.7 Å². The second-order valence-corrected chi connectivity index (χ2v) is 9.32. The molecular weight excluding hydrogens is 394 g/mol. The molecular formula is C24H35N3O4. The highest BCUT2D eigenvalue weighted by molar-refractivity contribution is 5.98. The Hall–Kier alpha value is -1.96. The molecule has 0 unspecified atom stereocenters. The van der Waals surface area contributed by atoms with E-state index in [1.54, 1.807) is 14.0 Å². The van der Waals surface area contributed by atoms with Crippen molar-refractivity contribution in [3.05, 3.63) is 34.3 Å². The van der Waals surface area contributed by atoms with Crippen LogP contribution in [-0.2, 0) is 9.47 Å². The van der Waals surface area contributed by atoms with Crippen LogP contribution in [0.25, 0.3) is 11.1 Å². The van der Waals surface area contributed by atoms with Gasteiger partial charge in [0.15, 0.2) is 5.58 Å². The van der Waals surface area contributed by atoms with Crippen LogP contribution in [0.3, 0.4) is 0 Å². The Kier molecular flexibility index (Phi) is 6.65. The first-order valence-corrected chi connectivity index (χ1v) is 11.5. The highest BCUT2D eigenvalue weighted by atomic mass is 16.5. The molecule has 1 aliphatic carbocycles. The molecule has 1 saturated heterocycles. The van der Waals surface area contributed by atoms with Gasteiger partial charge in [-0.3, -0.25) is 9.47 Å². The number of fused-ring (bicyclic) bond motifs is 1. The van der Waals surface area contributed by atoms with Gasteiger partial charge in [-0.1, -0.05) is 0 Å². The van der Waals surface area contributed by atoms with Crippen LogP contribution >= 0.6 is 0 Å². The summed E-state index contributed by atoms with van der Waals surface area (Å²) in [7, 11) is 1.71. The molecule has 31 heavy (non-hydrogen) atoms. The Morgan fingerprint density at radius 3 is 2.55 bits per heavy atom. The number of likely N-dealkylation sites (tertiary alicyclic amines) is 1. The van der Waals surface area contributed by atoms with Crippen molar-refractivity contribution in [3.8, 4) is 0 Å². The lowest BCUT2D eigenvalue weighted by Crippen LogP contribution is -2.53. The van der Waals surface area contributed by atoms with Crippen LogP contribution in [0.2, 0.25) is 0 Å². The largest absolute Gasteiger partial charge is 0.420 e. The van der Waals surface area contributed by atoms with E-state index in [-0.39, 0.29) is 17.3 Å². The molecule has 0 amide bonds. The first-order valence-electron chi connectivity index (χ1n) is 11.5. The van der Waals surface area contributed by atoms with Crippen molar-refractivity contribution < 1.29 is 13.9 Å². The molecule has 4 rings (SSSR count). The minimum Gasteiger partial charge on any atom is -0.408 e. The third-order valence-corrected chi connectivity index (χ3v) is 7.29. The summed E-state index contributed by atoms with van der Waals surface area (Å²) >= 11 is 0. The van der Waals surface area contributed by atoms with Crippen molar-refractivity contribution in [2.45, 2.75) is 70.1 Å². The summed E-state index contributed by atoms with van der Waals surface area (Å²) < 4.78 is 18.4. The van der Waals surface area contributed by atoms with Crippen LogP contribution in [0.5, 0.6) is 0 Å². The van der Waals surface area contributed by atoms with Crippen LogP contribution in [0.15, 0.2) is 27.4 Å². The van der Waals surface area contributed by atoms with Gasteiger partial charge in [0.05, 0.1) is 24.8 Å². The average Bonchev–Trinajstić information content (AvgIpc) is 3.10. The van der Waals surface area contributed by atoms with Gasteiger partial charge in [-0.25, -0.2) is 4.79 Å². The fraction of sp³-hybridized carbons (Fsp3) is 0.667. The maximum Gasteiger partial charge on any atom is 0.420 e. The Labute approximate surface area is 183 Å². The van der Waals surface area contributed by atoms with E-state index < -0.39 is 0 Å². The fourth-order valence-electron chi connectivity index (χ4n) is 5.27. The molecule has 0 bridgehead atoms. The molecule has 1 aromatic heterocycles. The number of methoxy groups -OCH3 is 1. The number of hydrogen-bond donors (Lipinski definition) is 1. The molecule has 2 aromatic rings. The minimum atomic E-state index is -0.284. The predicted octanol–water partition coefficient (Wildman–Crippen LogP) is 3.98. The first kappa shape index (κ1) is 22.2. The van der Waals surface area contributed by atoms with Gasteiger partial charge in [-0.05, 0) is 76.1 Å². The maximum absolute atomic E-state index is 12.6. The second kappa shape index (κ2) is 9.27. The minimum absolute atomic E-state index is 0.142. The lowest BCUT2D eigenvalue weighted by Gasteiger charge is -2.48. The molecule has 0 atom stereocenters. The van der Waals surface area contributed by atoms with E-state index in [0.717, 1.165) is 62.7 Å². The third-order valence-electron chi connectivity index (χ3n) is 7.29. The van der Waals surface area contributed by atoms with Gasteiger partial charge in [-0.2, -0.15) is 0 Å². The molecule has 2 aliphatic rings. The first-order chi connectivity index (χ1) is 14.9. The molecule has 1 aliphatic heterocycles. The zero-order chi connectivity index (χ0) is 22.0. The van der Waals surface area contributed by atoms with Gasteiger partial charge >= 0.3 is 5.76 Å². The van der Waals surface area contributed by atoms with Crippen LogP contribution in [0, 0.1) is 5.41 Å². The van der Waals surface area contributed by atoms with Crippen molar-refractivity contribution >= 4 is 16.8 Å².